The van der Waals surface area contributed by atoms with Gasteiger partial charge in [0.25, 0.3) is 5.91 Å². The lowest BCUT2D eigenvalue weighted by atomic mass is 10.1. The summed E-state index contributed by atoms with van der Waals surface area (Å²) in [7, 11) is -1.60. The Kier molecular flexibility index (Phi) is 6.45. The highest BCUT2D eigenvalue weighted by Crippen LogP contribution is 2.21. The van der Waals surface area contributed by atoms with E-state index in [1.54, 1.807) is 6.07 Å². The molecule has 10 heteroatoms. The summed E-state index contributed by atoms with van der Waals surface area (Å²) in [5.74, 6) is -1.78. The van der Waals surface area contributed by atoms with Crippen molar-refractivity contribution >= 4 is 15.9 Å². The van der Waals surface area contributed by atoms with E-state index in [-0.39, 0.29) is 17.9 Å². The molecule has 2 rings (SSSR count). The minimum absolute atomic E-state index is 0.0934. The molecular weight excluding hydrogens is 385 g/mol. The molecule has 2 aromatic rings. The van der Waals surface area contributed by atoms with Gasteiger partial charge < -0.3 is 10.1 Å². The van der Waals surface area contributed by atoms with Gasteiger partial charge in [0.2, 0.25) is 10.0 Å². The van der Waals surface area contributed by atoms with Crippen LogP contribution in [-0.4, -0.2) is 39.3 Å². The fourth-order valence-electron chi connectivity index (χ4n) is 2.18. The lowest BCUT2D eigenvalue weighted by Gasteiger charge is -2.14. The number of nitrogens with zero attached hydrogens (tertiary/aromatic N) is 1. The summed E-state index contributed by atoms with van der Waals surface area (Å²) >= 11 is 0. The first-order chi connectivity index (χ1) is 12.6. The maximum Gasteiger partial charge on any atom is 0.387 e. The molecule has 0 radical (unpaired) electrons. The monoisotopic (exact) mass is 402 g/mol. The zero-order chi connectivity index (χ0) is 20.2. The molecule has 0 heterocycles. The molecule has 27 heavy (non-hydrogen) atoms. The van der Waals surface area contributed by atoms with Gasteiger partial charge in [0.15, 0.2) is 0 Å². The van der Waals surface area contributed by atoms with Crippen LogP contribution in [0.1, 0.15) is 15.9 Å². The van der Waals surface area contributed by atoms with Gasteiger partial charge in [-0.3, -0.25) is 4.79 Å². The van der Waals surface area contributed by atoms with Crippen molar-refractivity contribution in [2.45, 2.75) is 18.1 Å². The summed E-state index contributed by atoms with van der Waals surface area (Å²) in [5, 5.41) is 2.46. The van der Waals surface area contributed by atoms with Crippen molar-refractivity contribution in [2.75, 3.05) is 14.1 Å². The molecule has 0 spiro atoms. The number of ether oxygens (including phenoxy) is 1. The van der Waals surface area contributed by atoms with Crippen LogP contribution < -0.4 is 10.1 Å². The standard InChI is InChI=1S/C17H17F3N2O4S/c1-22(2)27(24,25)15-9-11(7-8-13(15)18)16(23)21-10-12-5-3-4-6-14(12)26-17(19)20/h3-9,17H,10H2,1-2H3,(H,21,23). The van der Waals surface area contributed by atoms with Crippen molar-refractivity contribution in [3.63, 3.8) is 0 Å². The molecule has 0 unspecified atom stereocenters. The fraction of sp³-hybridized carbons (Fsp3) is 0.235. The van der Waals surface area contributed by atoms with Crippen molar-refractivity contribution in [1.29, 1.82) is 0 Å². The molecule has 2 aromatic carbocycles. The van der Waals surface area contributed by atoms with Gasteiger partial charge in [-0.15, -0.1) is 0 Å². The molecule has 146 valence electrons. The van der Waals surface area contributed by atoms with E-state index < -0.39 is 33.3 Å². The minimum atomic E-state index is -4.08. The van der Waals surface area contributed by atoms with Crippen LogP contribution in [0.2, 0.25) is 0 Å². The number of carbonyl (C=O) groups is 1. The summed E-state index contributed by atoms with van der Waals surface area (Å²) in [6.07, 6.45) is 0. The third kappa shape index (κ3) is 4.98. The summed E-state index contributed by atoms with van der Waals surface area (Å²) in [5.41, 5.74) is 0.207. The number of alkyl halides is 2. The lowest BCUT2D eigenvalue weighted by molar-refractivity contribution is -0.0504. The Morgan fingerprint density at radius 1 is 1.19 bits per heavy atom. The molecule has 6 nitrogen and oxygen atoms in total. The Hall–Kier alpha value is -2.59. The first-order valence-electron chi connectivity index (χ1n) is 7.66. The lowest BCUT2D eigenvalue weighted by Crippen LogP contribution is -2.26. The van der Waals surface area contributed by atoms with Crippen molar-refractivity contribution in [3.05, 3.63) is 59.4 Å². The average molecular weight is 402 g/mol. The van der Waals surface area contributed by atoms with Crippen LogP contribution >= 0.6 is 0 Å². The number of nitrogens with one attached hydrogen (secondary N) is 1. The van der Waals surface area contributed by atoms with Gasteiger partial charge in [-0.2, -0.15) is 8.78 Å². The molecule has 0 aromatic heterocycles. The number of para-hydroxylation sites is 1. The van der Waals surface area contributed by atoms with E-state index in [0.717, 1.165) is 22.5 Å². The van der Waals surface area contributed by atoms with Crippen LogP contribution in [0.25, 0.3) is 0 Å². The molecule has 0 aliphatic carbocycles. The highest BCUT2D eigenvalue weighted by molar-refractivity contribution is 7.89. The number of halogens is 3. The highest BCUT2D eigenvalue weighted by atomic mass is 32.2. The second-order valence-electron chi connectivity index (χ2n) is 5.60. The average Bonchev–Trinajstić information content (AvgIpc) is 2.60. The van der Waals surface area contributed by atoms with E-state index in [9.17, 15) is 26.4 Å². The van der Waals surface area contributed by atoms with Gasteiger partial charge >= 0.3 is 6.61 Å². The third-order valence-corrected chi connectivity index (χ3v) is 5.41. The zero-order valence-corrected chi connectivity index (χ0v) is 15.3. The van der Waals surface area contributed by atoms with Crippen molar-refractivity contribution in [3.8, 4) is 5.75 Å². The number of amides is 1. The Bertz CT molecular complexity index is 934. The maximum absolute atomic E-state index is 13.9. The molecular formula is C17H17F3N2O4S. The number of hydrogen-bond acceptors (Lipinski definition) is 4. The number of sulfonamides is 1. The molecule has 0 aliphatic heterocycles. The van der Waals surface area contributed by atoms with E-state index in [1.807, 2.05) is 0 Å². The van der Waals surface area contributed by atoms with Gasteiger partial charge in [0.1, 0.15) is 16.5 Å². The van der Waals surface area contributed by atoms with Gasteiger partial charge in [0.05, 0.1) is 0 Å². The predicted octanol–water partition coefficient (Wildman–Crippen LogP) is 2.61. The number of rotatable bonds is 7. The topological polar surface area (TPSA) is 75.7 Å². The Balaban J connectivity index is 2.21. The van der Waals surface area contributed by atoms with Crippen LogP contribution in [-0.2, 0) is 16.6 Å². The highest BCUT2D eigenvalue weighted by Gasteiger charge is 2.23. The molecule has 0 aliphatic rings. The van der Waals surface area contributed by atoms with Crippen molar-refractivity contribution < 1.29 is 31.1 Å². The first kappa shape index (κ1) is 20.7. The van der Waals surface area contributed by atoms with Crippen LogP contribution in [0.5, 0.6) is 5.75 Å². The molecule has 0 saturated heterocycles. The summed E-state index contributed by atoms with van der Waals surface area (Å²) in [6, 6.07) is 8.82. The summed E-state index contributed by atoms with van der Waals surface area (Å²) in [4.78, 5) is 11.6. The van der Waals surface area contributed by atoms with Crippen molar-refractivity contribution in [2.24, 2.45) is 0 Å². The Morgan fingerprint density at radius 3 is 2.48 bits per heavy atom. The van der Waals surface area contributed by atoms with Crippen LogP contribution in [0, 0.1) is 5.82 Å². The Labute approximate surface area is 154 Å². The van der Waals surface area contributed by atoms with Gasteiger partial charge in [-0.05, 0) is 24.3 Å². The van der Waals surface area contributed by atoms with E-state index in [1.165, 1.54) is 32.3 Å². The normalized spacial score (nSPS) is 11.7. The molecule has 0 atom stereocenters. The third-order valence-electron chi connectivity index (χ3n) is 3.58. The minimum Gasteiger partial charge on any atom is -0.434 e. The van der Waals surface area contributed by atoms with E-state index in [4.69, 9.17) is 0 Å². The quantitative estimate of drug-likeness (QED) is 0.773. The van der Waals surface area contributed by atoms with E-state index in [2.05, 4.69) is 10.1 Å². The number of hydrogen-bond donors (Lipinski definition) is 1. The first-order valence-corrected chi connectivity index (χ1v) is 9.10. The van der Waals surface area contributed by atoms with Crippen molar-refractivity contribution in [1.82, 2.24) is 9.62 Å². The number of carbonyl (C=O) groups excluding carboxylic acids is 1. The van der Waals surface area contributed by atoms with E-state index in [0.29, 0.717) is 5.56 Å². The predicted molar refractivity (Wildman–Crippen MR) is 91.5 cm³/mol. The number of benzene rings is 2. The van der Waals surface area contributed by atoms with Gasteiger partial charge in [-0.25, -0.2) is 17.1 Å². The van der Waals surface area contributed by atoms with Crippen LogP contribution in [0.15, 0.2) is 47.4 Å². The Morgan fingerprint density at radius 2 is 1.85 bits per heavy atom. The molecule has 0 fully saturated rings. The summed E-state index contributed by atoms with van der Waals surface area (Å²) < 4.78 is 68.2. The van der Waals surface area contributed by atoms with Crippen LogP contribution in [0.4, 0.5) is 13.2 Å². The molecule has 1 amide bonds. The van der Waals surface area contributed by atoms with Gasteiger partial charge in [0, 0.05) is 31.8 Å². The molecule has 1 N–H and O–H groups in total. The summed E-state index contributed by atoms with van der Waals surface area (Å²) in [6.45, 7) is -3.16. The second-order valence-corrected chi connectivity index (χ2v) is 7.72. The molecule has 0 saturated carbocycles. The largest absolute Gasteiger partial charge is 0.434 e. The second kappa shape index (κ2) is 8.40. The zero-order valence-electron chi connectivity index (χ0n) is 14.4. The van der Waals surface area contributed by atoms with Crippen LogP contribution in [0.3, 0.4) is 0 Å². The molecule has 0 bridgehead atoms. The van der Waals surface area contributed by atoms with E-state index >= 15 is 0 Å². The fourth-order valence-corrected chi connectivity index (χ4v) is 3.16. The smallest absolute Gasteiger partial charge is 0.387 e. The maximum atomic E-state index is 13.9. The SMILES string of the molecule is CN(C)S(=O)(=O)c1cc(C(=O)NCc2ccccc2OC(F)F)ccc1F. The van der Waals surface area contributed by atoms with Gasteiger partial charge in [-0.1, -0.05) is 18.2 Å².